The number of hydrogen-bond donors (Lipinski definition) is 3. The average molecular weight is 502 g/mol. The van der Waals surface area contributed by atoms with Gasteiger partial charge in [-0.05, 0) is 32.9 Å². The maximum Gasteiger partial charge on any atom is 0.266 e. The number of para-hydroxylation sites is 1. The van der Waals surface area contributed by atoms with Crippen LogP contribution in [0.2, 0.25) is 0 Å². The molecule has 36 heavy (non-hydrogen) atoms. The summed E-state index contributed by atoms with van der Waals surface area (Å²) in [5, 5.41) is 19.5. The summed E-state index contributed by atoms with van der Waals surface area (Å²) in [6.07, 6.45) is 2.65. The van der Waals surface area contributed by atoms with E-state index in [0.717, 1.165) is 45.6 Å². The number of amides is 1. The van der Waals surface area contributed by atoms with E-state index >= 15 is 0 Å². The summed E-state index contributed by atoms with van der Waals surface area (Å²) in [5.74, 6) is -0.00693. The summed E-state index contributed by atoms with van der Waals surface area (Å²) in [6.45, 7) is 3.03. The molecule has 3 unspecified atom stereocenters. The van der Waals surface area contributed by atoms with Gasteiger partial charge in [0.25, 0.3) is 5.91 Å². The van der Waals surface area contributed by atoms with E-state index in [4.69, 9.17) is 4.98 Å². The van der Waals surface area contributed by atoms with Crippen molar-refractivity contribution in [3.63, 3.8) is 0 Å². The Kier molecular flexibility index (Phi) is 7.38. The van der Waals surface area contributed by atoms with Crippen LogP contribution in [-0.2, 0) is 0 Å². The molecule has 3 heterocycles. The largest absolute Gasteiger partial charge is 0.374 e. The van der Waals surface area contributed by atoms with Gasteiger partial charge in [0.05, 0.1) is 16.2 Å². The van der Waals surface area contributed by atoms with Gasteiger partial charge in [-0.3, -0.25) is 15.1 Å². The van der Waals surface area contributed by atoms with Crippen molar-refractivity contribution < 1.29 is 9.90 Å². The molecule has 1 aliphatic rings. The number of likely N-dealkylation sites (tertiary alicyclic amines) is 1. The molecule has 2 aromatic heterocycles. The summed E-state index contributed by atoms with van der Waals surface area (Å²) in [5.41, 5.74) is 3.20. The van der Waals surface area contributed by atoms with Gasteiger partial charge in [0.15, 0.2) is 0 Å². The van der Waals surface area contributed by atoms with Gasteiger partial charge in [0.2, 0.25) is 0 Å². The highest BCUT2D eigenvalue weighted by Gasteiger charge is 2.34. The SMILES string of the molecule is CNC1CCC(CNC(O)c2cccc3cccnc23)N(C(=O)c2sc(C)nc2-c2ccccc2)C1. The first-order chi connectivity index (χ1) is 17.5. The number of carbonyl (C=O) groups excluding carboxylic acids is 1. The number of benzene rings is 2. The molecule has 2 aromatic carbocycles. The number of aliphatic hydroxyl groups excluding tert-OH is 1. The number of pyridine rings is 1. The Morgan fingerprint density at radius 1 is 1.14 bits per heavy atom. The first kappa shape index (κ1) is 24.5. The van der Waals surface area contributed by atoms with Gasteiger partial charge in [-0.2, -0.15) is 0 Å². The second-order valence-electron chi connectivity index (χ2n) is 9.18. The zero-order valence-corrected chi connectivity index (χ0v) is 21.3. The minimum absolute atomic E-state index is 0.00693. The van der Waals surface area contributed by atoms with Gasteiger partial charge in [-0.25, -0.2) is 4.98 Å². The Bertz CT molecular complexity index is 1340. The molecule has 3 atom stereocenters. The number of hydrogen-bond acceptors (Lipinski definition) is 7. The van der Waals surface area contributed by atoms with Gasteiger partial charge >= 0.3 is 0 Å². The molecule has 8 heteroatoms. The Morgan fingerprint density at radius 2 is 1.94 bits per heavy atom. The third kappa shape index (κ3) is 5.03. The van der Waals surface area contributed by atoms with E-state index in [1.165, 1.54) is 11.3 Å². The van der Waals surface area contributed by atoms with Crippen LogP contribution in [0.15, 0.2) is 66.9 Å². The second kappa shape index (κ2) is 10.8. The predicted molar refractivity (Wildman–Crippen MR) is 144 cm³/mol. The van der Waals surface area contributed by atoms with E-state index in [1.807, 2.05) is 79.5 Å². The van der Waals surface area contributed by atoms with E-state index in [-0.39, 0.29) is 18.0 Å². The predicted octanol–water partition coefficient (Wildman–Crippen LogP) is 4.14. The van der Waals surface area contributed by atoms with Crippen molar-refractivity contribution in [1.82, 2.24) is 25.5 Å². The maximum absolute atomic E-state index is 13.9. The molecule has 7 nitrogen and oxygen atoms in total. The maximum atomic E-state index is 13.9. The number of aryl methyl sites for hydroxylation is 1. The quantitative estimate of drug-likeness (QED) is 0.330. The van der Waals surface area contributed by atoms with Crippen LogP contribution in [0.5, 0.6) is 0 Å². The van der Waals surface area contributed by atoms with Gasteiger partial charge in [0.1, 0.15) is 11.1 Å². The minimum atomic E-state index is -0.881. The van der Waals surface area contributed by atoms with E-state index in [1.54, 1.807) is 6.20 Å². The molecule has 1 fully saturated rings. The van der Waals surface area contributed by atoms with E-state index in [0.29, 0.717) is 18.0 Å². The first-order valence-electron chi connectivity index (χ1n) is 12.3. The Balaban J connectivity index is 1.38. The van der Waals surface area contributed by atoms with Crippen LogP contribution in [0, 0.1) is 6.92 Å². The monoisotopic (exact) mass is 501 g/mol. The third-order valence-electron chi connectivity index (χ3n) is 6.86. The molecule has 1 aliphatic heterocycles. The first-order valence-corrected chi connectivity index (χ1v) is 13.1. The van der Waals surface area contributed by atoms with E-state index in [2.05, 4.69) is 15.6 Å². The van der Waals surface area contributed by atoms with E-state index < -0.39 is 6.23 Å². The number of thiazole rings is 1. The fraction of sp³-hybridized carbons (Fsp3) is 0.321. The molecule has 0 radical (unpaired) electrons. The van der Waals surface area contributed by atoms with Crippen molar-refractivity contribution in [2.75, 3.05) is 20.1 Å². The molecule has 1 amide bonds. The van der Waals surface area contributed by atoms with Crippen LogP contribution in [0.3, 0.4) is 0 Å². The second-order valence-corrected chi connectivity index (χ2v) is 10.4. The minimum Gasteiger partial charge on any atom is -0.374 e. The molecule has 0 spiro atoms. The standard InChI is InChI=1S/C28H31N5O2S/c1-18-32-25(20-8-4-3-5-9-20)26(36-18)28(35)33-17-21(29-2)13-14-22(33)16-31-27(34)23-12-6-10-19-11-7-15-30-24(19)23/h3-12,15,21-22,27,29,31,34H,13-14,16-17H2,1-2H3. The van der Waals surface area contributed by atoms with Crippen molar-refractivity contribution in [3.05, 3.63) is 82.3 Å². The number of aromatic nitrogens is 2. The van der Waals surface area contributed by atoms with Crippen molar-refractivity contribution in [1.29, 1.82) is 0 Å². The van der Waals surface area contributed by atoms with Crippen LogP contribution in [0.4, 0.5) is 0 Å². The number of nitrogens with one attached hydrogen (secondary N) is 2. The number of nitrogens with zero attached hydrogens (tertiary/aromatic N) is 3. The molecular formula is C28H31N5O2S. The van der Waals surface area contributed by atoms with Crippen molar-refractivity contribution in [2.45, 2.75) is 38.1 Å². The highest BCUT2D eigenvalue weighted by atomic mass is 32.1. The zero-order chi connectivity index (χ0) is 25.1. The molecule has 5 rings (SSSR count). The van der Waals surface area contributed by atoms with Crippen LogP contribution in [0.25, 0.3) is 22.2 Å². The molecule has 0 saturated carbocycles. The molecule has 3 N–H and O–H groups in total. The average Bonchev–Trinajstić information content (AvgIpc) is 3.33. The Hall–Kier alpha value is -3.17. The normalized spacial score (nSPS) is 18.9. The smallest absolute Gasteiger partial charge is 0.266 e. The lowest BCUT2D eigenvalue weighted by Gasteiger charge is -2.40. The van der Waals surface area contributed by atoms with Crippen LogP contribution < -0.4 is 10.6 Å². The molecule has 0 aliphatic carbocycles. The van der Waals surface area contributed by atoms with Gasteiger partial charge in [0, 0.05) is 47.9 Å². The molecule has 186 valence electrons. The van der Waals surface area contributed by atoms with Crippen molar-refractivity contribution in [2.24, 2.45) is 0 Å². The highest BCUT2D eigenvalue weighted by molar-refractivity contribution is 7.14. The van der Waals surface area contributed by atoms with Crippen molar-refractivity contribution in [3.8, 4) is 11.3 Å². The lowest BCUT2D eigenvalue weighted by Crippen LogP contribution is -2.55. The summed E-state index contributed by atoms with van der Waals surface area (Å²) in [7, 11) is 1.94. The Morgan fingerprint density at radius 3 is 2.75 bits per heavy atom. The topological polar surface area (TPSA) is 90.4 Å². The number of piperidine rings is 1. The van der Waals surface area contributed by atoms with Gasteiger partial charge in [-0.15, -0.1) is 11.3 Å². The fourth-order valence-corrected chi connectivity index (χ4v) is 5.82. The van der Waals surface area contributed by atoms with E-state index in [9.17, 15) is 9.90 Å². The Labute approximate surface area is 215 Å². The highest BCUT2D eigenvalue weighted by Crippen LogP contribution is 2.31. The third-order valence-corrected chi connectivity index (χ3v) is 7.82. The molecule has 1 saturated heterocycles. The summed E-state index contributed by atoms with van der Waals surface area (Å²) in [4.78, 5) is 25.7. The van der Waals surface area contributed by atoms with Crippen LogP contribution in [-0.4, -0.2) is 58.1 Å². The fourth-order valence-electron chi connectivity index (χ4n) is 4.92. The molecular weight excluding hydrogens is 470 g/mol. The number of carbonyl (C=O) groups is 1. The lowest BCUT2D eigenvalue weighted by molar-refractivity contribution is 0.0527. The van der Waals surface area contributed by atoms with Crippen LogP contribution in [0.1, 0.15) is 39.3 Å². The summed E-state index contributed by atoms with van der Waals surface area (Å²) < 4.78 is 0. The number of fused-ring (bicyclic) bond motifs is 1. The number of likely N-dealkylation sites (N-methyl/N-ethyl adjacent to an activating group) is 1. The van der Waals surface area contributed by atoms with Crippen molar-refractivity contribution >= 4 is 28.1 Å². The van der Waals surface area contributed by atoms with Gasteiger partial charge in [-0.1, -0.05) is 54.6 Å². The lowest BCUT2D eigenvalue weighted by atomic mass is 9.97. The number of rotatable bonds is 7. The number of aliphatic hydroxyl groups is 1. The summed E-state index contributed by atoms with van der Waals surface area (Å²) >= 11 is 1.44. The van der Waals surface area contributed by atoms with Crippen LogP contribution >= 0.6 is 11.3 Å². The summed E-state index contributed by atoms with van der Waals surface area (Å²) in [6, 6.07) is 19.7. The zero-order valence-electron chi connectivity index (χ0n) is 20.5. The molecule has 0 bridgehead atoms. The van der Waals surface area contributed by atoms with Gasteiger partial charge < -0.3 is 15.3 Å². The molecule has 4 aromatic rings.